The van der Waals surface area contributed by atoms with Crippen molar-refractivity contribution in [3.8, 4) is 17.0 Å². The highest BCUT2D eigenvalue weighted by molar-refractivity contribution is 5.64. The van der Waals surface area contributed by atoms with E-state index in [1.165, 1.54) is 0 Å². The molecule has 0 aliphatic rings. The molecule has 1 aromatic carbocycles. The van der Waals surface area contributed by atoms with Crippen LogP contribution in [0.1, 0.15) is 12.5 Å². The fraction of sp³-hybridized carbons (Fsp3) is 0.250. The third kappa shape index (κ3) is 1.73. The molecule has 1 N–H and O–H groups in total. The second-order valence-electron chi connectivity index (χ2n) is 3.53. The number of phenols is 1. The quantitative estimate of drug-likeness (QED) is 0.812. The minimum absolute atomic E-state index is 0.304. The smallest absolute Gasteiger partial charge is 0.115 e. The number of aromatic nitrogens is 2. The lowest BCUT2D eigenvalue weighted by Crippen LogP contribution is -1.99. The van der Waals surface area contributed by atoms with Crippen LogP contribution in [0.2, 0.25) is 0 Å². The molecule has 0 spiro atoms. The molecule has 0 amide bonds. The van der Waals surface area contributed by atoms with Gasteiger partial charge in [-0.05, 0) is 43.7 Å². The lowest BCUT2D eigenvalue weighted by Gasteiger charge is -2.08. The Morgan fingerprint density at radius 1 is 1.33 bits per heavy atom. The first kappa shape index (κ1) is 9.77. The van der Waals surface area contributed by atoms with Crippen molar-refractivity contribution >= 4 is 0 Å². The highest BCUT2D eigenvalue weighted by Gasteiger charge is 2.07. The van der Waals surface area contributed by atoms with E-state index in [2.05, 4.69) is 12.0 Å². The Balaban J connectivity index is 2.54. The number of hydrogen-bond acceptors (Lipinski definition) is 2. The van der Waals surface area contributed by atoms with Gasteiger partial charge in [0.05, 0.1) is 5.69 Å². The number of benzene rings is 1. The fourth-order valence-electron chi connectivity index (χ4n) is 1.75. The molecule has 0 radical (unpaired) electrons. The standard InChI is InChI=1S/C12H14N2O/c1-3-14-12(6-7-13-14)11-5-4-10(15)8-9(11)2/h4-8,15H,3H2,1-2H3. The van der Waals surface area contributed by atoms with Crippen molar-refractivity contribution in [3.05, 3.63) is 36.0 Å². The Morgan fingerprint density at radius 2 is 2.13 bits per heavy atom. The Labute approximate surface area is 89.0 Å². The van der Waals surface area contributed by atoms with Gasteiger partial charge in [0.15, 0.2) is 0 Å². The molecular weight excluding hydrogens is 188 g/mol. The molecule has 0 saturated heterocycles. The van der Waals surface area contributed by atoms with Crippen LogP contribution in [0.5, 0.6) is 5.75 Å². The zero-order valence-corrected chi connectivity index (χ0v) is 8.94. The lowest BCUT2D eigenvalue weighted by atomic mass is 10.1. The SMILES string of the molecule is CCn1nccc1-c1ccc(O)cc1C. The van der Waals surface area contributed by atoms with Gasteiger partial charge in [0.2, 0.25) is 0 Å². The van der Waals surface area contributed by atoms with Gasteiger partial charge in [0.1, 0.15) is 5.75 Å². The van der Waals surface area contributed by atoms with E-state index in [0.29, 0.717) is 5.75 Å². The van der Waals surface area contributed by atoms with Gasteiger partial charge in [-0.3, -0.25) is 4.68 Å². The van der Waals surface area contributed by atoms with E-state index in [4.69, 9.17) is 0 Å². The van der Waals surface area contributed by atoms with E-state index >= 15 is 0 Å². The number of aryl methyl sites for hydroxylation is 2. The molecule has 1 heterocycles. The van der Waals surface area contributed by atoms with Gasteiger partial charge in [-0.2, -0.15) is 5.10 Å². The van der Waals surface area contributed by atoms with Crippen LogP contribution in [0.4, 0.5) is 0 Å². The van der Waals surface area contributed by atoms with Gasteiger partial charge in [-0.1, -0.05) is 0 Å². The maximum atomic E-state index is 9.34. The first-order chi connectivity index (χ1) is 7.22. The Kier molecular flexibility index (Phi) is 2.46. The summed E-state index contributed by atoms with van der Waals surface area (Å²) < 4.78 is 1.94. The summed E-state index contributed by atoms with van der Waals surface area (Å²) in [5, 5.41) is 13.6. The van der Waals surface area contributed by atoms with Gasteiger partial charge in [-0.25, -0.2) is 0 Å². The second-order valence-corrected chi connectivity index (χ2v) is 3.53. The molecule has 0 aliphatic carbocycles. The van der Waals surface area contributed by atoms with Crippen molar-refractivity contribution in [1.82, 2.24) is 9.78 Å². The van der Waals surface area contributed by atoms with Crippen molar-refractivity contribution in [1.29, 1.82) is 0 Å². The van der Waals surface area contributed by atoms with Crippen LogP contribution in [-0.4, -0.2) is 14.9 Å². The molecule has 0 bridgehead atoms. The summed E-state index contributed by atoms with van der Waals surface area (Å²) in [5.74, 6) is 0.304. The van der Waals surface area contributed by atoms with E-state index in [0.717, 1.165) is 23.4 Å². The van der Waals surface area contributed by atoms with Gasteiger partial charge < -0.3 is 5.11 Å². The van der Waals surface area contributed by atoms with Crippen LogP contribution in [-0.2, 0) is 6.54 Å². The highest BCUT2D eigenvalue weighted by Crippen LogP contribution is 2.25. The number of hydrogen-bond donors (Lipinski definition) is 1. The van der Waals surface area contributed by atoms with Crippen molar-refractivity contribution < 1.29 is 5.11 Å². The number of aromatic hydroxyl groups is 1. The van der Waals surface area contributed by atoms with Crippen LogP contribution in [0, 0.1) is 6.92 Å². The summed E-state index contributed by atoms with van der Waals surface area (Å²) in [4.78, 5) is 0. The average Bonchev–Trinajstić information content (AvgIpc) is 2.65. The minimum atomic E-state index is 0.304. The molecule has 0 unspecified atom stereocenters. The van der Waals surface area contributed by atoms with Gasteiger partial charge in [-0.15, -0.1) is 0 Å². The van der Waals surface area contributed by atoms with Gasteiger partial charge in [0.25, 0.3) is 0 Å². The number of rotatable bonds is 2. The Hall–Kier alpha value is -1.77. The summed E-state index contributed by atoms with van der Waals surface area (Å²) >= 11 is 0. The van der Waals surface area contributed by atoms with E-state index in [1.54, 1.807) is 18.3 Å². The normalized spacial score (nSPS) is 10.5. The summed E-state index contributed by atoms with van der Waals surface area (Å²) in [6.07, 6.45) is 1.80. The first-order valence-corrected chi connectivity index (χ1v) is 5.04. The molecule has 78 valence electrons. The molecule has 3 heteroatoms. The van der Waals surface area contributed by atoms with Gasteiger partial charge in [0, 0.05) is 18.3 Å². The van der Waals surface area contributed by atoms with Crippen LogP contribution in [0.25, 0.3) is 11.3 Å². The van der Waals surface area contributed by atoms with E-state index in [9.17, 15) is 5.11 Å². The summed E-state index contributed by atoms with van der Waals surface area (Å²) in [6, 6.07) is 7.38. The molecule has 0 aliphatic heterocycles. The summed E-state index contributed by atoms with van der Waals surface area (Å²) in [6.45, 7) is 4.90. The minimum Gasteiger partial charge on any atom is -0.508 e. The molecule has 2 aromatic rings. The highest BCUT2D eigenvalue weighted by atomic mass is 16.3. The molecule has 3 nitrogen and oxygen atoms in total. The zero-order chi connectivity index (χ0) is 10.8. The summed E-state index contributed by atoms with van der Waals surface area (Å²) in [7, 11) is 0. The predicted molar refractivity (Wildman–Crippen MR) is 59.7 cm³/mol. The fourth-order valence-corrected chi connectivity index (χ4v) is 1.75. The molecule has 2 rings (SSSR count). The number of phenolic OH excluding ortho intramolecular Hbond substituents is 1. The van der Waals surface area contributed by atoms with Crippen LogP contribution < -0.4 is 0 Å². The molecular formula is C12H14N2O. The lowest BCUT2D eigenvalue weighted by molar-refractivity contribution is 0.475. The zero-order valence-electron chi connectivity index (χ0n) is 8.94. The van der Waals surface area contributed by atoms with Crippen molar-refractivity contribution in [2.24, 2.45) is 0 Å². The maximum Gasteiger partial charge on any atom is 0.115 e. The number of nitrogens with zero attached hydrogens (tertiary/aromatic N) is 2. The molecule has 0 saturated carbocycles. The van der Waals surface area contributed by atoms with E-state index in [1.807, 2.05) is 23.7 Å². The van der Waals surface area contributed by atoms with Crippen molar-refractivity contribution in [2.45, 2.75) is 20.4 Å². The monoisotopic (exact) mass is 202 g/mol. The van der Waals surface area contributed by atoms with Gasteiger partial charge >= 0.3 is 0 Å². The second kappa shape index (κ2) is 3.77. The summed E-state index contributed by atoms with van der Waals surface area (Å²) in [5.41, 5.74) is 3.27. The van der Waals surface area contributed by atoms with E-state index in [-0.39, 0.29) is 0 Å². The van der Waals surface area contributed by atoms with E-state index < -0.39 is 0 Å². The van der Waals surface area contributed by atoms with Crippen LogP contribution >= 0.6 is 0 Å². The molecule has 15 heavy (non-hydrogen) atoms. The van der Waals surface area contributed by atoms with Crippen molar-refractivity contribution in [3.63, 3.8) is 0 Å². The third-order valence-electron chi connectivity index (χ3n) is 2.50. The molecule has 0 atom stereocenters. The third-order valence-corrected chi connectivity index (χ3v) is 2.50. The Bertz CT molecular complexity index is 474. The van der Waals surface area contributed by atoms with Crippen LogP contribution in [0.15, 0.2) is 30.5 Å². The van der Waals surface area contributed by atoms with Crippen molar-refractivity contribution in [2.75, 3.05) is 0 Å². The molecule has 1 aromatic heterocycles. The van der Waals surface area contributed by atoms with Crippen LogP contribution in [0.3, 0.4) is 0 Å². The maximum absolute atomic E-state index is 9.34. The first-order valence-electron chi connectivity index (χ1n) is 5.04. The topological polar surface area (TPSA) is 38.0 Å². The largest absolute Gasteiger partial charge is 0.508 e. The average molecular weight is 202 g/mol. The predicted octanol–water partition coefficient (Wildman–Crippen LogP) is 2.58. The Morgan fingerprint density at radius 3 is 2.80 bits per heavy atom. The molecule has 0 fully saturated rings.